The molecule has 0 aliphatic heterocycles. The first kappa shape index (κ1) is 8.98. The Kier molecular flexibility index (Phi) is 1.58. The van der Waals surface area contributed by atoms with Crippen molar-refractivity contribution >= 4 is 10.9 Å². The number of nitrogens with two attached hydrogens (primary N) is 1. The van der Waals surface area contributed by atoms with E-state index < -0.39 is 0 Å². The number of aromatic nitrogens is 1. The molecule has 1 heterocycles. The van der Waals surface area contributed by atoms with Crippen LogP contribution in [0.5, 0.6) is 0 Å². The Hall–Kier alpha value is -1.28. The van der Waals surface area contributed by atoms with Gasteiger partial charge in [0.25, 0.3) is 0 Å². The molecule has 2 nitrogen and oxygen atoms in total. The molecule has 3 N–H and O–H groups in total. The van der Waals surface area contributed by atoms with E-state index in [4.69, 9.17) is 5.73 Å². The van der Waals surface area contributed by atoms with E-state index in [9.17, 15) is 0 Å². The van der Waals surface area contributed by atoms with Crippen molar-refractivity contribution in [3.05, 3.63) is 36.0 Å². The highest BCUT2D eigenvalue weighted by Crippen LogP contribution is 2.58. The number of nitrogens with one attached hydrogen (secondary N) is 1. The van der Waals surface area contributed by atoms with Crippen LogP contribution >= 0.6 is 0 Å². The number of hydrogen-bond acceptors (Lipinski definition) is 1. The normalized spacial score (nSPS) is 28.2. The molecule has 1 aromatic heterocycles. The number of fused-ring (bicyclic) bond motifs is 1. The maximum absolute atomic E-state index is 6.11. The van der Waals surface area contributed by atoms with Crippen molar-refractivity contribution in [1.82, 2.24) is 4.98 Å². The summed E-state index contributed by atoms with van der Waals surface area (Å²) in [6.45, 7) is 4.48. The lowest BCUT2D eigenvalue weighted by molar-refractivity contribution is 0.600. The van der Waals surface area contributed by atoms with Crippen LogP contribution in [-0.4, -0.2) is 11.0 Å². The van der Waals surface area contributed by atoms with Gasteiger partial charge in [-0.25, -0.2) is 0 Å². The van der Waals surface area contributed by atoms with Gasteiger partial charge >= 0.3 is 0 Å². The number of hydrogen-bond donors (Lipinski definition) is 2. The third-order valence-electron chi connectivity index (χ3n) is 3.87. The molecule has 1 fully saturated rings. The Morgan fingerprint density at radius 2 is 1.93 bits per heavy atom. The van der Waals surface area contributed by atoms with Crippen molar-refractivity contribution < 1.29 is 0 Å². The summed E-state index contributed by atoms with van der Waals surface area (Å²) >= 11 is 0. The molecular weight excluding hydrogens is 184 g/mol. The Morgan fingerprint density at radius 3 is 2.60 bits per heavy atom. The molecule has 0 unspecified atom stereocenters. The quantitative estimate of drug-likeness (QED) is 0.730. The van der Waals surface area contributed by atoms with Crippen molar-refractivity contribution in [3.8, 4) is 0 Å². The minimum atomic E-state index is 0.255. The van der Waals surface area contributed by atoms with Gasteiger partial charge in [-0.3, -0.25) is 0 Å². The molecule has 1 saturated carbocycles. The van der Waals surface area contributed by atoms with E-state index in [2.05, 4.69) is 49.3 Å². The molecule has 3 rings (SSSR count). The van der Waals surface area contributed by atoms with Crippen LogP contribution in [0.15, 0.2) is 30.5 Å². The second-order valence-corrected chi connectivity index (χ2v) is 5.11. The van der Waals surface area contributed by atoms with Gasteiger partial charge in [-0.05, 0) is 17.0 Å². The van der Waals surface area contributed by atoms with Crippen LogP contribution in [0.1, 0.15) is 25.3 Å². The van der Waals surface area contributed by atoms with E-state index >= 15 is 0 Å². The zero-order valence-electron chi connectivity index (χ0n) is 9.12. The molecule has 0 amide bonds. The third-order valence-corrected chi connectivity index (χ3v) is 3.87. The van der Waals surface area contributed by atoms with Crippen LogP contribution in [0.4, 0.5) is 0 Å². The molecule has 2 aromatic rings. The van der Waals surface area contributed by atoms with Gasteiger partial charge in [0.05, 0.1) is 0 Å². The minimum absolute atomic E-state index is 0.255. The third kappa shape index (κ3) is 1.08. The van der Waals surface area contributed by atoms with Gasteiger partial charge in [-0.2, -0.15) is 0 Å². The van der Waals surface area contributed by atoms with Crippen LogP contribution in [0.2, 0.25) is 0 Å². The highest BCUT2D eigenvalue weighted by atomic mass is 14.8. The first-order chi connectivity index (χ1) is 7.12. The van der Waals surface area contributed by atoms with Crippen molar-refractivity contribution in [1.29, 1.82) is 0 Å². The van der Waals surface area contributed by atoms with Gasteiger partial charge in [0.1, 0.15) is 0 Å². The van der Waals surface area contributed by atoms with Crippen LogP contribution in [0.25, 0.3) is 10.9 Å². The largest absolute Gasteiger partial charge is 0.361 e. The van der Waals surface area contributed by atoms with Gasteiger partial charge in [0.15, 0.2) is 0 Å². The van der Waals surface area contributed by atoms with Gasteiger partial charge in [-0.1, -0.05) is 32.0 Å². The molecule has 2 heteroatoms. The van der Waals surface area contributed by atoms with E-state index in [-0.39, 0.29) is 5.41 Å². The van der Waals surface area contributed by atoms with Crippen molar-refractivity contribution in [2.45, 2.75) is 25.8 Å². The fraction of sp³-hybridized carbons (Fsp3) is 0.385. The zero-order chi connectivity index (χ0) is 10.6. The Labute approximate surface area is 89.5 Å². The minimum Gasteiger partial charge on any atom is -0.361 e. The second kappa shape index (κ2) is 2.64. The van der Waals surface area contributed by atoms with Crippen LogP contribution in [-0.2, 0) is 0 Å². The van der Waals surface area contributed by atoms with Crippen molar-refractivity contribution in [3.63, 3.8) is 0 Å². The molecule has 0 radical (unpaired) electrons. The van der Waals surface area contributed by atoms with E-state index in [1.54, 1.807) is 0 Å². The summed E-state index contributed by atoms with van der Waals surface area (Å²) in [6, 6.07) is 8.72. The van der Waals surface area contributed by atoms with E-state index in [1.165, 1.54) is 16.5 Å². The lowest BCUT2D eigenvalue weighted by atomic mass is 10.0. The summed E-state index contributed by atoms with van der Waals surface area (Å²) in [5.41, 5.74) is 8.96. The molecule has 1 aliphatic rings. The Bertz CT molecular complexity index is 510. The summed E-state index contributed by atoms with van der Waals surface area (Å²) in [4.78, 5) is 3.31. The smallest absolute Gasteiger partial charge is 0.0456 e. The average molecular weight is 200 g/mol. The maximum Gasteiger partial charge on any atom is 0.0456 e. The average Bonchev–Trinajstić information content (AvgIpc) is 2.63. The van der Waals surface area contributed by atoms with Crippen LogP contribution < -0.4 is 5.73 Å². The lowest BCUT2D eigenvalue weighted by Gasteiger charge is -2.00. The Morgan fingerprint density at radius 1 is 1.27 bits per heavy atom. The summed E-state index contributed by atoms with van der Waals surface area (Å²) in [5.74, 6) is 0.508. The second-order valence-electron chi connectivity index (χ2n) is 5.11. The summed E-state index contributed by atoms with van der Waals surface area (Å²) in [7, 11) is 0. The van der Waals surface area contributed by atoms with Gasteiger partial charge in [0, 0.05) is 29.1 Å². The van der Waals surface area contributed by atoms with Gasteiger partial charge < -0.3 is 10.7 Å². The van der Waals surface area contributed by atoms with E-state index in [1.807, 2.05) is 0 Å². The van der Waals surface area contributed by atoms with Crippen molar-refractivity contribution in [2.24, 2.45) is 11.1 Å². The number of H-pyrrole nitrogens is 1. The molecule has 78 valence electrons. The summed E-state index contributed by atoms with van der Waals surface area (Å²) in [5, 5.41) is 1.32. The topological polar surface area (TPSA) is 41.8 Å². The first-order valence-electron chi connectivity index (χ1n) is 5.44. The monoisotopic (exact) mass is 200 g/mol. The molecular formula is C13H16N2. The molecule has 2 atom stereocenters. The van der Waals surface area contributed by atoms with Crippen molar-refractivity contribution in [2.75, 3.05) is 0 Å². The van der Waals surface area contributed by atoms with Crippen LogP contribution in [0.3, 0.4) is 0 Å². The molecule has 1 aliphatic carbocycles. The standard InChI is InChI=1S/C13H16N2/c1-13(2)11(12(13)14)9-7-15-10-6-4-3-5-8(9)10/h3-7,11-12,15H,14H2,1-2H3/t11-,12-/m0/s1. The predicted octanol–water partition coefficient (Wildman–Crippen LogP) is 2.62. The van der Waals surface area contributed by atoms with E-state index in [0.717, 1.165) is 0 Å². The molecule has 0 saturated heterocycles. The summed E-state index contributed by atoms with van der Waals surface area (Å²) in [6.07, 6.45) is 2.12. The fourth-order valence-electron chi connectivity index (χ4n) is 2.62. The molecule has 0 bridgehead atoms. The van der Waals surface area contributed by atoms with Gasteiger partial charge in [-0.15, -0.1) is 0 Å². The molecule has 15 heavy (non-hydrogen) atoms. The number of rotatable bonds is 1. The maximum atomic E-state index is 6.11. The van der Waals surface area contributed by atoms with E-state index in [0.29, 0.717) is 12.0 Å². The Balaban J connectivity index is 2.14. The number of aromatic amines is 1. The SMILES string of the molecule is CC1(C)[C@@H](N)[C@@H]1c1c[nH]c2ccccc12. The summed E-state index contributed by atoms with van der Waals surface area (Å²) < 4.78 is 0. The lowest BCUT2D eigenvalue weighted by Crippen LogP contribution is -2.06. The predicted molar refractivity (Wildman–Crippen MR) is 62.8 cm³/mol. The zero-order valence-corrected chi connectivity index (χ0v) is 9.12. The molecule has 0 spiro atoms. The van der Waals surface area contributed by atoms with Gasteiger partial charge in [0.2, 0.25) is 0 Å². The number of benzene rings is 1. The highest BCUT2D eigenvalue weighted by molar-refractivity contribution is 5.84. The highest BCUT2D eigenvalue weighted by Gasteiger charge is 2.56. The fourth-order valence-corrected chi connectivity index (χ4v) is 2.62. The first-order valence-corrected chi connectivity index (χ1v) is 5.44. The molecule has 1 aromatic carbocycles. The number of para-hydroxylation sites is 1. The van der Waals surface area contributed by atoms with Crippen LogP contribution in [0, 0.1) is 5.41 Å².